The van der Waals surface area contributed by atoms with Crippen molar-refractivity contribution < 1.29 is 14.6 Å². The Balaban J connectivity index is 2.42. The van der Waals surface area contributed by atoms with Gasteiger partial charge in [0.25, 0.3) is 0 Å². The summed E-state index contributed by atoms with van der Waals surface area (Å²) < 4.78 is 5.71. The number of unbranched alkanes of at least 4 members (excludes halogenated alkanes) is 2. The molecular weight excluding hydrogens is 252 g/mol. The van der Waals surface area contributed by atoms with Crippen molar-refractivity contribution in [2.45, 2.75) is 58.2 Å². The Labute approximate surface area is 122 Å². The molecule has 0 bridgehead atoms. The van der Waals surface area contributed by atoms with Crippen molar-refractivity contribution in [1.82, 2.24) is 0 Å². The van der Waals surface area contributed by atoms with Crippen LogP contribution in [0, 0.1) is 0 Å². The second kappa shape index (κ2) is 9.67. The molecule has 2 atom stereocenters. The summed E-state index contributed by atoms with van der Waals surface area (Å²) in [6, 6.07) is 9.18. The summed E-state index contributed by atoms with van der Waals surface area (Å²) in [5, 5.41) is 9.50. The van der Waals surface area contributed by atoms with Crippen LogP contribution in [0.2, 0.25) is 0 Å². The quantitative estimate of drug-likeness (QED) is 0.525. The average molecular weight is 278 g/mol. The summed E-state index contributed by atoms with van der Waals surface area (Å²) in [4.78, 5) is 12.0. The third-order valence-corrected chi connectivity index (χ3v) is 3.28. The van der Waals surface area contributed by atoms with Gasteiger partial charge in [-0.15, -0.1) is 0 Å². The van der Waals surface area contributed by atoms with Crippen molar-refractivity contribution in [3.8, 4) is 0 Å². The van der Waals surface area contributed by atoms with Crippen LogP contribution in [-0.2, 0) is 4.74 Å². The lowest BCUT2D eigenvalue weighted by Crippen LogP contribution is -2.22. The number of carbonyl (C=O) groups is 1. The molecule has 1 N–H and O–H groups in total. The van der Waals surface area contributed by atoms with Crippen LogP contribution in [0.15, 0.2) is 30.3 Å². The molecule has 0 saturated carbocycles. The molecule has 2 unspecified atom stereocenters. The van der Waals surface area contributed by atoms with Crippen LogP contribution < -0.4 is 0 Å². The Bertz CT molecular complexity index is 373. The molecule has 3 nitrogen and oxygen atoms in total. The fraction of sp³-hybridized carbons (Fsp3) is 0.588. The van der Waals surface area contributed by atoms with Gasteiger partial charge in [0.2, 0.25) is 0 Å². The average Bonchev–Trinajstić information content (AvgIpc) is 2.45. The van der Waals surface area contributed by atoms with Crippen LogP contribution in [0.1, 0.15) is 56.3 Å². The summed E-state index contributed by atoms with van der Waals surface area (Å²) in [5.41, 5.74) is 0.678. The van der Waals surface area contributed by atoms with Crippen LogP contribution in [-0.4, -0.2) is 29.7 Å². The minimum Gasteiger partial charge on any atom is -0.393 e. The van der Waals surface area contributed by atoms with E-state index in [2.05, 4.69) is 6.92 Å². The number of aliphatic hydroxyl groups excluding tert-OH is 1. The number of ether oxygens (including phenoxy) is 1. The first-order valence-electron chi connectivity index (χ1n) is 7.51. The molecule has 1 aromatic rings. The SMILES string of the molecule is CCCCCC(CC(C)O)OCC(=O)c1ccccc1. The first-order chi connectivity index (χ1) is 9.63. The molecule has 0 fully saturated rings. The minimum atomic E-state index is -0.395. The summed E-state index contributed by atoms with van der Waals surface area (Å²) in [5.74, 6) is -0.00307. The van der Waals surface area contributed by atoms with Crippen molar-refractivity contribution in [2.24, 2.45) is 0 Å². The standard InChI is InChI=1S/C17H26O3/c1-3-4-6-11-16(12-14(2)18)20-13-17(19)15-9-7-5-8-10-15/h5,7-10,14,16,18H,3-4,6,11-13H2,1-2H3. The normalized spacial score (nSPS) is 13.9. The number of hydrogen-bond donors (Lipinski definition) is 1. The Morgan fingerprint density at radius 2 is 1.95 bits per heavy atom. The van der Waals surface area contributed by atoms with E-state index in [-0.39, 0.29) is 18.5 Å². The number of rotatable bonds is 10. The maximum Gasteiger partial charge on any atom is 0.188 e. The molecule has 0 spiro atoms. The van der Waals surface area contributed by atoms with Gasteiger partial charge in [-0.2, -0.15) is 0 Å². The molecule has 20 heavy (non-hydrogen) atoms. The minimum absolute atomic E-state index is 0.00307. The van der Waals surface area contributed by atoms with Crippen molar-refractivity contribution in [3.05, 3.63) is 35.9 Å². The molecule has 0 amide bonds. The van der Waals surface area contributed by atoms with Crippen LogP contribution in [0.5, 0.6) is 0 Å². The number of hydrogen-bond acceptors (Lipinski definition) is 3. The summed E-state index contributed by atoms with van der Waals surface area (Å²) in [6.45, 7) is 4.01. The highest BCUT2D eigenvalue weighted by Crippen LogP contribution is 2.13. The first kappa shape index (κ1) is 16.9. The van der Waals surface area contributed by atoms with E-state index in [4.69, 9.17) is 4.74 Å². The maximum atomic E-state index is 12.0. The van der Waals surface area contributed by atoms with Gasteiger partial charge in [-0.25, -0.2) is 0 Å². The van der Waals surface area contributed by atoms with Crippen molar-refractivity contribution in [3.63, 3.8) is 0 Å². The van der Waals surface area contributed by atoms with E-state index in [0.29, 0.717) is 12.0 Å². The predicted molar refractivity (Wildman–Crippen MR) is 81.0 cm³/mol. The maximum absolute atomic E-state index is 12.0. The van der Waals surface area contributed by atoms with Gasteiger partial charge < -0.3 is 9.84 Å². The van der Waals surface area contributed by atoms with Crippen LogP contribution >= 0.6 is 0 Å². The smallest absolute Gasteiger partial charge is 0.188 e. The van der Waals surface area contributed by atoms with E-state index >= 15 is 0 Å². The van der Waals surface area contributed by atoms with Crippen LogP contribution in [0.3, 0.4) is 0 Å². The molecule has 0 aliphatic rings. The molecule has 112 valence electrons. The zero-order valence-electron chi connectivity index (χ0n) is 12.5. The molecule has 3 heteroatoms. The highest BCUT2D eigenvalue weighted by molar-refractivity contribution is 5.96. The molecule has 0 radical (unpaired) electrons. The highest BCUT2D eigenvalue weighted by atomic mass is 16.5. The van der Waals surface area contributed by atoms with Crippen molar-refractivity contribution in [2.75, 3.05) is 6.61 Å². The van der Waals surface area contributed by atoms with E-state index in [0.717, 1.165) is 25.7 Å². The van der Waals surface area contributed by atoms with Gasteiger partial charge >= 0.3 is 0 Å². The third kappa shape index (κ3) is 6.83. The molecule has 1 rings (SSSR count). The van der Waals surface area contributed by atoms with Crippen LogP contribution in [0.4, 0.5) is 0 Å². The summed E-state index contributed by atoms with van der Waals surface area (Å²) >= 11 is 0. The lowest BCUT2D eigenvalue weighted by atomic mass is 10.1. The molecule has 0 heterocycles. The fourth-order valence-electron chi connectivity index (χ4n) is 2.17. The summed E-state index contributed by atoms with van der Waals surface area (Å²) in [6.07, 6.45) is 4.46. The summed E-state index contributed by atoms with van der Waals surface area (Å²) in [7, 11) is 0. The van der Waals surface area contributed by atoms with Crippen molar-refractivity contribution >= 4 is 5.78 Å². The Morgan fingerprint density at radius 3 is 2.55 bits per heavy atom. The largest absolute Gasteiger partial charge is 0.393 e. The second-order valence-corrected chi connectivity index (χ2v) is 5.30. The van der Waals surface area contributed by atoms with Gasteiger partial charge in [0.15, 0.2) is 5.78 Å². The lowest BCUT2D eigenvalue weighted by Gasteiger charge is -2.19. The molecule has 0 saturated heterocycles. The topological polar surface area (TPSA) is 46.5 Å². The molecule has 0 aliphatic heterocycles. The number of ketones is 1. The monoisotopic (exact) mass is 278 g/mol. The van der Waals surface area contributed by atoms with Crippen molar-refractivity contribution in [1.29, 1.82) is 0 Å². The van der Waals surface area contributed by atoms with E-state index in [1.165, 1.54) is 0 Å². The van der Waals surface area contributed by atoms with Gasteiger partial charge in [-0.3, -0.25) is 4.79 Å². The van der Waals surface area contributed by atoms with Gasteiger partial charge in [-0.1, -0.05) is 56.5 Å². The molecule has 0 aliphatic carbocycles. The van der Waals surface area contributed by atoms with Gasteiger partial charge in [0, 0.05) is 5.56 Å². The second-order valence-electron chi connectivity index (χ2n) is 5.30. The molecule has 0 aromatic heterocycles. The Kier molecular flexibility index (Phi) is 8.16. The van der Waals surface area contributed by atoms with Gasteiger partial charge in [-0.05, 0) is 19.8 Å². The van der Waals surface area contributed by atoms with E-state index in [1.807, 2.05) is 18.2 Å². The number of aliphatic hydroxyl groups is 1. The fourth-order valence-corrected chi connectivity index (χ4v) is 2.17. The van der Waals surface area contributed by atoms with E-state index in [1.54, 1.807) is 19.1 Å². The first-order valence-corrected chi connectivity index (χ1v) is 7.51. The zero-order valence-corrected chi connectivity index (χ0v) is 12.5. The molecular formula is C17H26O3. The highest BCUT2D eigenvalue weighted by Gasteiger charge is 2.14. The van der Waals surface area contributed by atoms with E-state index in [9.17, 15) is 9.90 Å². The van der Waals surface area contributed by atoms with Gasteiger partial charge in [0.05, 0.1) is 12.2 Å². The zero-order chi connectivity index (χ0) is 14.8. The Hall–Kier alpha value is -1.19. The predicted octanol–water partition coefficient (Wildman–Crippen LogP) is 3.61. The number of carbonyl (C=O) groups excluding carboxylic acids is 1. The lowest BCUT2D eigenvalue weighted by molar-refractivity contribution is 0.0147. The number of benzene rings is 1. The van der Waals surface area contributed by atoms with Gasteiger partial charge in [0.1, 0.15) is 6.61 Å². The van der Waals surface area contributed by atoms with Crippen LogP contribution in [0.25, 0.3) is 0 Å². The number of Topliss-reactive ketones (excluding diaryl/α,β-unsaturated/α-hetero) is 1. The Morgan fingerprint density at radius 1 is 1.25 bits per heavy atom. The van der Waals surface area contributed by atoms with E-state index < -0.39 is 6.10 Å². The third-order valence-electron chi connectivity index (χ3n) is 3.28. The molecule has 1 aromatic carbocycles.